The van der Waals surface area contributed by atoms with Gasteiger partial charge in [-0.2, -0.15) is 5.10 Å². The molecule has 1 atom stereocenters. The van der Waals surface area contributed by atoms with Crippen LogP contribution in [0.25, 0.3) is 10.9 Å². The second-order valence-electron chi connectivity index (χ2n) is 4.10. The average molecular weight is 232 g/mol. The highest BCUT2D eigenvalue weighted by Gasteiger charge is 2.16. The Morgan fingerprint density at radius 2 is 2.24 bits per heavy atom. The van der Waals surface area contributed by atoms with Crippen LogP contribution in [0.15, 0.2) is 24.3 Å². The molecule has 1 amide bonds. The molecule has 1 heterocycles. The van der Waals surface area contributed by atoms with Crippen LogP contribution in [0.4, 0.5) is 0 Å². The lowest BCUT2D eigenvalue weighted by molar-refractivity contribution is 0.0937. The SMILES string of the molecule is C[C@H](CN)NC(=O)c1nn(C)c2ccccc12. The first-order valence-electron chi connectivity index (χ1n) is 5.56. The Kier molecular flexibility index (Phi) is 3.10. The van der Waals surface area contributed by atoms with Crippen LogP contribution < -0.4 is 11.1 Å². The van der Waals surface area contributed by atoms with E-state index in [1.165, 1.54) is 0 Å². The number of aromatic nitrogens is 2. The van der Waals surface area contributed by atoms with Gasteiger partial charge in [0, 0.05) is 25.0 Å². The molecule has 0 aliphatic rings. The zero-order chi connectivity index (χ0) is 12.4. The maximum absolute atomic E-state index is 12.0. The third kappa shape index (κ3) is 2.14. The van der Waals surface area contributed by atoms with Crippen LogP contribution in [0.1, 0.15) is 17.4 Å². The fourth-order valence-electron chi connectivity index (χ4n) is 1.73. The Labute approximate surface area is 99.6 Å². The molecule has 0 spiro atoms. The smallest absolute Gasteiger partial charge is 0.272 e. The molecule has 2 rings (SSSR count). The monoisotopic (exact) mass is 232 g/mol. The summed E-state index contributed by atoms with van der Waals surface area (Å²) in [6.45, 7) is 2.28. The van der Waals surface area contributed by atoms with Crippen LogP contribution in [0, 0.1) is 0 Å². The van der Waals surface area contributed by atoms with E-state index in [0.717, 1.165) is 10.9 Å². The third-order valence-corrected chi connectivity index (χ3v) is 2.70. The van der Waals surface area contributed by atoms with Crippen molar-refractivity contribution >= 4 is 16.8 Å². The second kappa shape index (κ2) is 4.55. The quantitative estimate of drug-likeness (QED) is 0.816. The molecular formula is C12H16N4O. The number of carbonyl (C=O) groups excluding carboxylic acids is 1. The van der Waals surface area contributed by atoms with Crippen LogP contribution >= 0.6 is 0 Å². The van der Waals surface area contributed by atoms with Gasteiger partial charge in [-0.15, -0.1) is 0 Å². The summed E-state index contributed by atoms with van der Waals surface area (Å²) in [6, 6.07) is 7.60. The Morgan fingerprint density at radius 3 is 2.94 bits per heavy atom. The van der Waals surface area contributed by atoms with E-state index in [0.29, 0.717) is 12.2 Å². The molecule has 0 unspecified atom stereocenters. The first-order valence-corrected chi connectivity index (χ1v) is 5.56. The number of para-hydroxylation sites is 1. The maximum Gasteiger partial charge on any atom is 0.272 e. The van der Waals surface area contributed by atoms with Gasteiger partial charge in [-0.05, 0) is 13.0 Å². The van der Waals surface area contributed by atoms with Gasteiger partial charge in [0.1, 0.15) is 0 Å². The molecule has 17 heavy (non-hydrogen) atoms. The molecule has 1 aromatic heterocycles. The summed E-state index contributed by atoms with van der Waals surface area (Å²) in [6.07, 6.45) is 0. The van der Waals surface area contributed by atoms with Crippen molar-refractivity contribution in [2.24, 2.45) is 12.8 Å². The standard InChI is InChI=1S/C12H16N4O/c1-8(7-13)14-12(17)11-9-5-3-4-6-10(9)16(2)15-11/h3-6,8H,7,13H2,1-2H3,(H,14,17)/t8-/m1/s1. The Balaban J connectivity index is 2.39. The van der Waals surface area contributed by atoms with E-state index in [1.807, 2.05) is 38.2 Å². The zero-order valence-corrected chi connectivity index (χ0v) is 9.97. The number of amides is 1. The molecule has 0 fully saturated rings. The second-order valence-corrected chi connectivity index (χ2v) is 4.10. The fraction of sp³-hybridized carbons (Fsp3) is 0.333. The van der Waals surface area contributed by atoms with Gasteiger partial charge >= 0.3 is 0 Å². The summed E-state index contributed by atoms with van der Waals surface area (Å²) in [5.41, 5.74) is 6.87. The van der Waals surface area contributed by atoms with E-state index >= 15 is 0 Å². The highest BCUT2D eigenvalue weighted by Crippen LogP contribution is 2.17. The van der Waals surface area contributed by atoms with E-state index < -0.39 is 0 Å². The molecule has 90 valence electrons. The maximum atomic E-state index is 12.0. The molecule has 2 aromatic rings. The third-order valence-electron chi connectivity index (χ3n) is 2.70. The summed E-state index contributed by atoms with van der Waals surface area (Å²) in [5, 5.41) is 7.91. The van der Waals surface area contributed by atoms with Crippen molar-refractivity contribution in [2.75, 3.05) is 6.54 Å². The predicted molar refractivity (Wildman–Crippen MR) is 66.7 cm³/mol. The molecule has 1 aromatic carbocycles. The van der Waals surface area contributed by atoms with E-state index in [4.69, 9.17) is 5.73 Å². The summed E-state index contributed by atoms with van der Waals surface area (Å²) >= 11 is 0. The number of aryl methyl sites for hydroxylation is 1. The minimum absolute atomic E-state index is 0.0525. The van der Waals surface area contributed by atoms with Crippen molar-refractivity contribution in [3.05, 3.63) is 30.0 Å². The summed E-state index contributed by atoms with van der Waals surface area (Å²) in [4.78, 5) is 12.0. The van der Waals surface area contributed by atoms with Gasteiger partial charge in [0.15, 0.2) is 5.69 Å². The van der Waals surface area contributed by atoms with Gasteiger partial charge < -0.3 is 11.1 Å². The van der Waals surface area contributed by atoms with Crippen molar-refractivity contribution in [3.8, 4) is 0 Å². The molecule has 0 aliphatic carbocycles. The number of fused-ring (bicyclic) bond motifs is 1. The summed E-state index contributed by atoms with van der Waals surface area (Å²) < 4.78 is 1.71. The van der Waals surface area contributed by atoms with Gasteiger partial charge in [0.25, 0.3) is 5.91 Å². The number of rotatable bonds is 3. The van der Waals surface area contributed by atoms with Crippen LogP contribution in [-0.2, 0) is 7.05 Å². The van der Waals surface area contributed by atoms with Gasteiger partial charge in [0.05, 0.1) is 5.52 Å². The minimum Gasteiger partial charge on any atom is -0.347 e. The molecule has 0 saturated carbocycles. The molecule has 0 bridgehead atoms. The van der Waals surface area contributed by atoms with Gasteiger partial charge in [-0.25, -0.2) is 0 Å². The van der Waals surface area contributed by atoms with Crippen molar-refractivity contribution in [3.63, 3.8) is 0 Å². The number of nitrogens with two attached hydrogens (primary N) is 1. The highest BCUT2D eigenvalue weighted by atomic mass is 16.2. The van der Waals surface area contributed by atoms with Crippen LogP contribution in [0.5, 0.6) is 0 Å². The Hall–Kier alpha value is -1.88. The van der Waals surface area contributed by atoms with E-state index in [9.17, 15) is 4.79 Å². The fourth-order valence-corrected chi connectivity index (χ4v) is 1.73. The molecule has 0 aliphatic heterocycles. The first-order chi connectivity index (χ1) is 8.13. The lowest BCUT2D eigenvalue weighted by Gasteiger charge is -2.09. The van der Waals surface area contributed by atoms with Crippen molar-refractivity contribution in [1.29, 1.82) is 0 Å². The first kappa shape index (κ1) is 11.6. The Morgan fingerprint density at radius 1 is 1.53 bits per heavy atom. The normalized spacial score (nSPS) is 12.6. The van der Waals surface area contributed by atoms with Gasteiger partial charge in [0.2, 0.25) is 0 Å². The van der Waals surface area contributed by atoms with E-state index in [1.54, 1.807) is 4.68 Å². The van der Waals surface area contributed by atoms with E-state index in [2.05, 4.69) is 10.4 Å². The molecule has 3 N–H and O–H groups in total. The number of benzene rings is 1. The summed E-state index contributed by atoms with van der Waals surface area (Å²) in [7, 11) is 1.82. The van der Waals surface area contributed by atoms with Crippen molar-refractivity contribution in [1.82, 2.24) is 15.1 Å². The Bertz CT molecular complexity index is 546. The minimum atomic E-state index is -0.181. The van der Waals surface area contributed by atoms with Gasteiger partial charge in [-0.3, -0.25) is 9.48 Å². The van der Waals surface area contributed by atoms with Crippen molar-refractivity contribution in [2.45, 2.75) is 13.0 Å². The lowest BCUT2D eigenvalue weighted by atomic mass is 10.2. The van der Waals surface area contributed by atoms with Crippen LogP contribution in [0.3, 0.4) is 0 Å². The number of hydrogen-bond donors (Lipinski definition) is 2. The van der Waals surface area contributed by atoms with E-state index in [-0.39, 0.29) is 11.9 Å². The number of nitrogens with one attached hydrogen (secondary N) is 1. The average Bonchev–Trinajstić information content (AvgIpc) is 2.67. The number of carbonyl (C=O) groups is 1. The molecular weight excluding hydrogens is 216 g/mol. The zero-order valence-electron chi connectivity index (χ0n) is 9.97. The van der Waals surface area contributed by atoms with Crippen molar-refractivity contribution < 1.29 is 4.79 Å². The van der Waals surface area contributed by atoms with Crippen LogP contribution in [0.2, 0.25) is 0 Å². The topological polar surface area (TPSA) is 72.9 Å². The summed E-state index contributed by atoms with van der Waals surface area (Å²) in [5.74, 6) is -0.181. The number of nitrogens with zero attached hydrogens (tertiary/aromatic N) is 2. The van der Waals surface area contributed by atoms with Gasteiger partial charge in [-0.1, -0.05) is 18.2 Å². The molecule has 0 saturated heterocycles. The lowest BCUT2D eigenvalue weighted by Crippen LogP contribution is -2.38. The van der Waals surface area contributed by atoms with Crippen LogP contribution in [-0.4, -0.2) is 28.3 Å². The molecule has 5 nitrogen and oxygen atoms in total. The largest absolute Gasteiger partial charge is 0.347 e. The predicted octanol–water partition coefficient (Wildman–Crippen LogP) is 0.650. The molecule has 0 radical (unpaired) electrons. The molecule has 5 heteroatoms. The number of hydrogen-bond acceptors (Lipinski definition) is 3. The highest BCUT2D eigenvalue weighted by molar-refractivity contribution is 6.04.